The van der Waals surface area contributed by atoms with Crippen LogP contribution in [0.5, 0.6) is 0 Å². The van der Waals surface area contributed by atoms with Crippen LogP contribution in [0.4, 0.5) is 0 Å². The van der Waals surface area contributed by atoms with Gasteiger partial charge >= 0.3 is 0 Å². The Morgan fingerprint density at radius 3 is 1.82 bits per heavy atom. The molecule has 0 saturated carbocycles. The van der Waals surface area contributed by atoms with Gasteiger partial charge in [0.25, 0.3) is 0 Å². The van der Waals surface area contributed by atoms with Crippen molar-refractivity contribution in [2.45, 2.75) is 19.3 Å². The molecule has 0 saturated heterocycles. The first-order chi connectivity index (χ1) is 19.6. The zero-order valence-corrected chi connectivity index (χ0v) is 22.3. The molecule has 0 atom stereocenters. The van der Waals surface area contributed by atoms with Gasteiger partial charge in [-0.15, -0.1) is 0 Å². The van der Waals surface area contributed by atoms with Crippen LogP contribution in [0.15, 0.2) is 126 Å². The molecule has 0 radical (unpaired) electrons. The maximum Gasteiger partial charge on any atom is 0.160 e. The van der Waals surface area contributed by atoms with Crippen molar-refractivity contribution in [1.29, 1.82) is 0 Å². The van der Waals surface area contributed by atoms with E-state index < -0.39 is 0 Å². The molecule has 8 rings (SSSR count). The Morgan fingerprint density at radius 2 is 1.12 bits per heavy atom. The van der Waals surface area contributed by atoms with E-state index in [1.807, 2.05) is 48.5 Å². The second-order valence-electron chi connectivity index (χ2n) is 11.1. The summed E-state index contributed by atoms with van der Waals surface area (Å²) < 4.78 is 6.25. The third-order valence-electron chi connectivity index (χ3n) is 8.30. The van der Waals surface area contributed by atoms with E-state index in [9.17, 15) is 0 Å². The van der Waals surface area contributed by atoms with Crippen molar-refractivity contribution in [3.8, 4) is 45.0 Å². The molecule has 190 valence electrons. The standard InChI is InChI=1S/C37H26N2O/c1-37(2)30-18-17-25(19-27(30)28-20-29-26-15-9-10-16-34(26)40-35(29)21-31(28)37)36-38-32(23-11-5-3-6-12-23)22-33(39-36)24-13-7-4-8-14-24/h3-22H,1-2H3. The van der Waals surface area contributed by atoms with E-state index in [2.05, 4.69) is 86.6 Å². The van der Waals surface area contributed by atoms with Crippen molar-refractivity contribution in [3.63, 3.8) is 0 Å². The summed E-state index contributed by atoms with van der Waals surface area (Å²) in [6.45, 7) is 4.59. The maximum absolute atomic E-state index is 6.25. The number of benzene rings is 5. The Balaban J connectivity index is 1.34. The fourth-order valence-electron chi connectivity index (χ4n) is 6.20. The van der Waals surface area contributed by atoms with Crippen LogP contribution in [0.1, 0.15) is 25.0 Å². The molecule has 0 spiro atoms. The largest absolute Gasteiger partial charge is 0.456 e. The van der Waals surface area contributed by atoms with E-state index in [-0.39, 0.29) is 5.41 Å². The summed E-state index contributed by atoms with van der Waals surface area (Å²) in [6, 6.07) is 42.3. The Hall–Kier alpha value is -5.02. The van der Waals surface area contributed by atoms with Crippen molar-refractivity contribution in [2.75, 3.05) is 0 Å². The lowest BCUT2D eigenvalue weighted by Crippen LogP contribution is -2.14. The molecular formula is C37H26N2O. The molecule has 40 heavy (non-hydrogen) atoms. The SMILES string of the molecule is CC1(C)c2ccc(-c3nc(-c4ccccc4)cc(-c4ccccc4)n3)cc2-c2cc3c(cc21)oc1ccccc13. The van der Waals surface area contributed by atoms with Crippen molar-refractivity contribution in [3.05, 3.63) is 132 Å². The van der Waals surface area contributed by atoms with Gasteiger partial charge in [-0.25, -0.2) is 9.97 Å². The molecule has 2 aromatic heterocycles. The van der Waals surface area contributed by atoms with Crippen molar-refractivity contribution in [1.82, 2.24) is 9.97 Å². The van der Waals surface area contributed by atoms with Crippen LogP contribution in [-0.2, 0) is 5.41 Å². The summed E-state index contributed by atoms with van der Waals surface area (Å²) in [5.74, 6) is 0.726. The molecule has 0 amide bonds. The average molecular weight is 515 g/mol. The fraction of sp³-hybridized carbons (Fsp3) is 0.0811. The number of aromatic nitrogens is 2. The Kier molecular flexibility index (Phi) is 4.86. The number of fused-ring (bicyclic) bond motifs is 6. The van der Waals surface area contributed by atoms with Crippen molar-refractivity contribution >= 4 is 21.9 Å². The predicted octanol–water partition coefficient (Wildman–Crippen LogP) is 9.68. The van der Waals surface area contributed by atoms with Crippen molar-refractivity contribution in [2.24, 2.45) is 0 Å². The van der Waals surface area contributed by atoms with Crippen LogP contribution >= 0.6 is 0 Å². The average Bonchev–Trinajstić information content (AvgIpc) is 3.48. The van der Waals surface area contributed by atoms with Crippen LogP contribution in [0.2, 0.25) is 0 Å². The number of hydrogen-bond donors (Lipinski definition) is 0. The monoisotopic (exact) mass is 514 g/mol. The highest BCUT2D eigenvalue weighted by atomic mass is 16.3. The molecule has 5 aromatic carbocycles. The van der Waals surface area contributed by atoms with Gasteiger partial charge in [-0.3, -0.25) is 0 Å². The van der Waals surface area contributed by atoms with Crippen LogP contribution in [0, 0.1) is 0 Å². The van der Waals surface area contributed by atoms with Gasteiger partial charge in [0.05, 0.1) is 11.4 Å². The molecule has 3 heteroatoms. The highest BCUT2D eigenvalue weighted by molar-refractivity contribution is 6.07. The third-order valence-corrected chi connectivity index (χ3v) is 8.30. The minimum absolute atomic E-state index is 0.141. The zero-order valence-electron chi connectivity index (χ0n) is 22.3. The number of furan rings is 1. The second-order valence-corrected chi connectivity index (χ2v) is 11.1. The lowest BCUT2D eigenvalue weighted by atomic mass is 9.82. The summed E-state index contributed by atoms with van der Waals surface area (Å²) in [5.41, 5.74) is 11.8. The molecular weight excluding hydrogens is 488 g/mol. The maximum atomic E-state index is 6.25. The summed E-state index contributed by atoms with van der Waals surface area (Å²) in [6.07, 6.45) is 0. The second kappa shape index (κ2) is 8.49. The Bertz CT molecular complexity index is 2010. The third kappa shape index (κ3) is 3.44. The van der Waals surface area contributed by atoms with Gasteiger partial charge in [0.15, 0.2) is 5.82 Å². The van der Waals surface area contributed by atoms with Gasteiger partial charge in [0, 0.05) is 32.9 Å². The normalized spacial score (nSPS) is 13.4. The lowest BCUT2D eigenvalue weighted by Gasteiger charge is -2.21. The van der Waals surface area contributed by atoms with Gasteiger partial charge < -0.3 is 4.42 Å². The molecule has 0 fully saturated rings. The van der Waals surface area contributed by atoms with Gasteiger partial charge in [-0.1, -0.05) is 105 Å². The highest BCUT2D eigenvalue weighted by Gasteiger charge is 2.36. The summed E-state index contributed by atoms with van der Waals surface area (Å²) in [4.78, 5) is 10.1. The van der Waals surface area contributed by atoms with E-state index >= 15 is 0 Å². The van der Waals surface area contributed by atoms with Gasteiger partial charge in [-0.2, -0.15) is 0 Å². The topological polar surface area (TPSA) is 38.9 Å². The Labute approximate surface area is 232 Å². The first kappa shape index (κ1) is 22.9. The lowest BCUT2D eigenvalue weighted by molar-refractivity contribution is 0.647. The number of para-hydroxylation sites is 1. The van der Waals surface area contributed by atoms with E-state index in [4.69, 9.17) is 14.4 Å². The minimum Gasteiger partial charge on any atom is -0.456 e. The Morgan fingerprint density at radius 1 is 0.500 bits per heavy atom. The summed E-state index contributed by atoms with van der Waals surface area (Å²) >= 11 is 0. The molecule has 1 aliphatic carbocycles. The van der Waals surface area contributed by atoms with E-state index in [1.165, 1.54) is 22.3 Å². The molecule has 2 heterocycles. The van der Waals surface area contributed by atoms with Gasteiger partial charge in [0.1, 0.15) is 11.2 Å². The first-order valence-electron chi connectivity index (χ1n) is 13.7. The van der Waals surface area contributed by atoms with Crippen LogP contribution in [-0.4, -0.2) is 9.97 Å². The molecule has 1 aliphatic rings. The summed E-state index contributed by atoms with van der Waals surface area (Å²) in [5, 5.41) is 2.30. The van der Waals surface area contributed by atoms with Crippen LogP contribution < -0.4 is 0 Å². The predicted molar refractivity (Wildman–Crippen MR) is 163 cm³/mol. The quantitative estimate of drug-likeness (QED) is 0.236. The van der Waals surface area contributed by atoms with E-state index in [0.717, 1.165) is 55.8 Å². The molecule has 0 bridgehead atoms. The number of rotatable bonds is 3. The van der Waals surface area contributed by atoms with E-state index in [1.54, 1.807) is 0 Å². The molecule has 0 N–H and O–H groups in total. The van der Waals surface area contributed by atoms with Gasteiger partial charge in [0.2, 0.25) is 0 Å². The highest BCUT2D eigenvalue weighted by Crippen LogP contribution is 2.51. The molecule has 0 aliphatic heterocycles. The number of hydrogen-bond acceptors (Lipinski definition) is 3. The van der Waals surface area contributed by atoms with Crippen LogP contribution in [0.25, 0.3) is 67.0 Å². The molecule has 7 aromatic rings. The molecule has 3 nitrogen and oxygen atoms in total. The smallest absolute Gasteiger partial charge is 0.160 e. The van der Waals surface area contributed by atoms with Gasteiger partial charge in [-0.05, 0) is 52.6 Å². The van der Waals surface area contributed by atoms with Crippen LogP contribution in [0.3, 0.4) is 0 Å². The number of nitrogens with zero attached hydrogens (tertiary/aromatic N) is 2. The van der Waals surface area contributed by atoms with E-state index in [0.29, 0.717) is 0 Å². The molecule has 0 unspecified atom stereocenters. The van der Waals surface area contributed by atoms with Crippen molar-refractivity contribution < 1.29 is 4.42 Å². The summed E-state index contributed by atoms with van der Waals surface area (Å²) in [7, 11) is 0. The zero-order chi connectivity index (χ0) is 26.8. The first-order valence-corrected chi connectivity index (χ1v) is 13.7. The minimum atomic E-state index is -0.141. The fourth-order valence-corrected chi connectivity index (χ4v) is 6.20.